The number of aliphatic hydroxyl groups excluding tert-OH is 1. The molecule has 45 heavy (non-hydrogen) atoms. The summed E-state index contributed by atoms with van der Waals surface area (Å²) in [7, 11) is 0. The highest BCUT2D eigenvalue weighted by Crippen LogP contribution is 2.39. The van der Waals surface area contributed by atoms with Crippen LogP contribution in [0.2, 0.25) is 0 Å². The summed E-state index contributed by atoms with van der Waals surface area (Å²) in [5, 5.41) is 20.8. The van der Waals surface area contributed by atoms with Crippen molar-refractivity contribution in [1.82, 2.24) is 25.8 Å². The lowest BCUT2D eigenvalue weighted by Crippen LogP contribution is -2.60. The van der Waals surface area contributed by atoms with E-state index < -0.39 is 46.7 Å². The quantitative estimate of drug-likeness (QED) is 0.225. The number of carbonyl (C=O) groups excluding carboxylic acids is 4. The number of fused-ring (bicyclic) bond motifs is 1. The molecule has 2 heterocycles. The van der Waals surface area contributed by atoms with Crippen molar-refractivity contribution in [1.29, 1.82) is 0 Å². The lowest BCUT2D eigenvalue weighted by Gasteiger charge is -2.34. The van der Waals surface area contributed by atoms with Gasteiger partial charge in [-0.05, 0) is 43.9 Å². The number of benzene rings is 2. The maximum Gasteiger partial charge on any atom is 0.270 e. The van der Waals surface area contributed by atoms with E-state index in [-0.39, 0.29) is 36.4 Å². The van der Waals surface area contributed by atoms with Crippen LogP contribution in [0.4, 0.5) is 0 Å². The molecule has 11 heteroatoms. The fraction of sp³-hybridized carbons (Fsp3) is 0.382. The number of pyridine rings is 1. The average Bonchev–Trinajstić information content (AvgIpc) is 3.35. The summed E-state index contributed by atoms with van der Waals surface area (Å²) in [6, 6.07) is 17.1. The first kappa shape index (κ1) is 33.7. The number of nitrogens with one attached hydrogen (secondary N) is 3. The molecule has 1 aromatic heterocycles. The molecule has 4 atom stereocenters. The molecule has 0 saturated carbocycles. The van der Waals surface area contributed by atoms with Crippen molar-refractivity contribution in [3.05, 3.63) is 90.6 Å². The summed E-state index contributed by atoms with van der Waals surface area (Å²) in [6.07, 6.45) is 0.0331. The maximum atomic E-state index is 13.8. The second-order valence-corrected chi connectivity index (χ2v) is 13.6. The van der Waals surface area contributed by atoms with Crippen LogP contribution in [0.25, 0.3) is 10.9 Å². The molecule has 0 spiro atoms. The first-order valence-electron chi connectivity index (χ1n) is 14.9. The van der Waals surface area contributed by atoms with E-state index in [0.717, 1.165) is 10.9 Å². The average molecular weight is 632 g/mol. The molecule has 4 N–H and O–H groups in total. The van der Waals surface area contributed by atoms with Gasteiger partial charge in [0, 0.05) is 16.7 Å². The predicted molar refractivity (Wildman–Crippen MR) is 176 cm³/mol. The SMILES string of the molecule is C=CCNC(=O)C1N(C(=O)[C@@H](O)[C@H](Cc2ccccc2)NC(=O)[C@@H](NC(=O)c2ccc3ccccc3n2)C(C)C)CSC1(C)C. The van der Waals surface area contributed by atoms with Crippen LogP contribution in [0.5, 0.6) is 0 Å². The molecular weight excluding hydrogens is 590 g/mol. The molecule has 1 aliphatic rings. The third-order valence-electron chi connectivity index (χ3n) is 7.82. The van der Waals surface area contributed by atoms with Gasteiger partial charge in [0.2, 0.25) is 11.8 Å². The second-order valence-electron chi connectivity index (χ2n) is 12.0. The Morgan fingerprint density at radius 3 is 2.42 bits per heavy atom. The zero-order chi connectivity index (χ0) is 32.7. The molecule has 0 bridgehead atoms. The Labute approximate surface area is 268 Å². The Hall–Kier alpha value is -4.22. The number of carbonyl (C=O) groups is 4. The third-order valence-corrected chi connectivity index (χ3v) is 9.20. The Balaban J connectivity index is 1.56. The lowest BCUT2D eigenvalue weighted by atomic mass is 9.96. The zero-order valence-electron chi connectivity index (χ0n) is 26.0. The van der Waals surface area contributed by atoms with Crippen molar-refractivity contribution in [2.24, 2.45) is 5.92 Å². The topological polar surface area (TPSA) is 141 Å². The summed E-state index contributed by atoms with van der Waals surface area (Å²) in [4.78, 5) is 59.7. The summed E-state index contributed by atoms with van der Waals surface area (Å²) in [6.45, 7) is 11.2. The number of thioether (sulfide) groups is 1. The zero-order valence-corrected chi connectivity index (χ0v) is 26.8. The smallest absolute Gasteiger partial charge is 0.270 e. The largest absolute Gasteiger partial charge is 0.381 e. The van der Waals surface area contributed by atoms with Crippen LogP contribution in [0.15, 0.2) is 79.4 Å². The summed E-state index contributed by atoms with van der Waals surface area (Å²) >= 11 is 1.43. The molecule has 10 nitrogen and oxygen atoms in total. The molecule has 0 aliphatic carbocycles. The van der Waals surface area contributed by atoms with Crippen molar-refractivity contribution >= 4 is 46.3 Å². The molecule has 1 fully saturated rings. The first-order chi connectivity index (χ1) is 21.4. The third kappa shape index (κ3) is 8.09. The van der Waals surface area contributed by atoms with Crippen molar-refractivity contribution in [3.63, 3.8) is 0 Å². The van der Waals surface area contributed by atoms with Crippen molar-refractivity contribution in [2.45, 2.75) is 63.1 Å². The molecule has 1 aliphatic heterocycles. The van der Waals surface area contributed by atoms with Gasteiger partial charge in [0.25, 0.3) is 11.8 Å². The number of amides is 4. The minimum atomic E-state index is -1.66. The molecule has 0 radical (unpaired) electrons. The fourth-order valence-electron chi connectivity index (χ4n) is 5.35. The van der Waals surface area contributed by atoms with Crippen LogP contribution in [-0.2, 0) is 20.8 Å². The minimum Gasteiger partial charge on any atom is -0.381 e. The molecular formula is C34H41N5O5S. The van der Waals surface area contributed by atoms with Crippen molar-refractivity contribution < 1.29 is 24.3 Å². The van der Waals surface area contributed by atoms with Gasteiger partial charge in [0.1, 0.15) is 17.8 Å². The summed E-state index contributed by atoms with van der Waals surface area (Å²) in [5.41, 5.74) is 1.61. The molecule has 2 aromatic carbocycles. The van der Waals surface area contributed by atoms with Gasteiger partial charge >= 0.3 is 0 Å². The van der Waals surface area contributed by atoms with E-state index in [9.17, 15) is 24.3 Å². The number of nitrogens with zero attached hydrogens (tertiary/aromatic N) is 2. The number of hydrogen-bond acceptors (Lipinski definition) is 7. The van der Waals surface area contributed by atoms with Gasteiger partial charge in [-0.1, -0.05) is 74.5 Å². The molecule has 1 saturated heterocycles. The molecule has 3 aromatic rings. The fourth-order valence-corrected chi connectivity index (χ4v) is 6.49. The lowest BCUT2D eigenvalue weighted by molar-refractivity contribution is -0.147. The maximum absolute atomic E-state index is 13.8. The van der Waals surface area contributed by atoms with Crippen LogP contribution in [-0.4, -0.2) is 80.0 Å². The van der Waals surface area contributed by atoms with E-state index in [2.05, 4.69) is 27.5 Å². The van der Waals surface area contributed by atoms with E-state index in [0.29, 0.717) is 5.52 Å². The van der Waals surface area contributed by atoms with Crippen LogP contribution >= 0.6 is 11.8 Å². The van der Waals surface area contributed by atoms with Gasteiger partial charge in [-0.25, -0.2) is 4.98 Å². The normalized spacial score (nSPS) is 17.7. The van der Waals surface area contributed by atoms with E-state index >= 15 is 0 Å². The van der Waals surface area contributed by atoms with Crippen LogP contribution in [0.1, 0.15) is 43.7 Å². The Bertz CT molecular complexity index is 1550. The van der Waals surface area contributed by atoms with Crippen molar-refractivity contribution in [2.75, 3.05) is 12.4 Å². The monoisotopic (exact) mass is 631 g/mol. The highest BCUT2D eigenvalue weighted by molar-refractivity contribution is 8.00. The molecule has 4 rings (SSSR count). The van der Waals surface area contributed by atoms with Gasteiger partial charge in [-0.3, -0.25) is 19.2 Å². The molecule has 1 unspecified atom stereocenters. The van der Waals surface area contributed by atoms with Gasteiger partial charge in [-0.15, -0.1) is 18.3 Å². The van der Waals surface area contributed by atoms with Crippen LogP contribution in [0, 0.1) is 5.92 Å². The second kappa shape index (κ2) is 14.7. The van der Waals surface area contributed by atoms with E-state index in [1.54, 1.807) is 38.1 Å². The predicted octanol–water partition coefficient (Wildman–Crippen LogP) is 3.06. The van der Waals surface area contributed by atoms with Gasteiger partial charge in [0.15, 0.2) is 6.10 Å². The van der Waals surface area contributed by atoms with Gasteiger partial charge in [-0.2, -0.15) is 0 Å². The highest BCUT2D eigenvalue weighted by Gasteiger charge is 2.49. The van der Waals surface area contributed by atoms with E-state index in [1.807, 2.05) is 62.4 Å². The number of hydrogen-bond donors (Lipinski definition) is 4. The summed E-state index contributed by atoms with van der Waals surface area (Å²) in [5.74, 6) is -2.21. The Morgan fingerprint density at radius 2 is 1.73 bits per heavy atom. The molecule has 238 valence electrons. The van der Waals surface area contributed by atoms with Crippen LogP contribution < -0.4 is 16.0 Å². The van der Waals surface area contributed by atoms with Crippen LogP contribution in [0.3, 0.4) is 0 Å². The van der Waals surface area contributed by atoms with Crippen molar-refractivity contribution in [3.8, 4) is 0 Å². The number of para-hydroxylation sites is 1. The minimum absolute atomic E-state index is 0.141. The first-order valence-corrected chi connectivity index (χ1v) is 15.9. The highest BCUT2D eigenvalue weighted by atomic mass is 32.2. The standard InChI is InChI=1S/C34H41N5O5S/c1-6-18-35-32(43)29-34(4,5)45-20-39(29)33(44)28(40)26(19-22-12-8-7-9-13-22)37-31(42)27(21(2)3)38-30(41)25-17-16-23-14-10-11-15-24(23)36-25/h6-17,21,26-29,40H,1,18-20H2,2-5H3,(H,35,43)(H,37,42)(H,38,41)/t26-,27-,28-,29?/m0/s1. The molecule has 4 amide bonds. The summed E-state index contributed by atoms with van der Waals surface area (Å²) < 4.78 is -0.609. The number of aliphatic hydroxyl groups is 1. The number of aromatic nitrogens is 1. The van der Waals surface area contributed by atoms with Gasteiger partial charge in [0.05, 0.1) is 17.4 Å². The van der Waals surface area contributed by atoms with E-state index in [1.165, 1.54) is 16.7 Å². The number of rotatable bonds is 12. The van der Waals surface area contributed by atoms with E-state index in [4.69, 9.17) is 0 Å². The Morgan fingerprint density at radius 1 is 1.04 bits per heavy atom. The van der Waals surface area contributed by atoms with Gasteiger partial charge < -0.3 is 26.0 Å². The Kier molecular flexibility index (Phi) is 11.0.